The normalized spacial score (nSPS) is 15.9. The third kappa shape index (κ3) is 4.48. The molecule has 0 aliphatic carbocycles. The van der Waals surface area contributed by atoms with Gasteiger partial charge in [0.25, 0.3) is 0 Å². The number of carbonyl (C=O) groups excluding carboxylic acids is 1. The van der Waals surface area contributed by atoms with Gasteiger partial charge in [0, 0.05) is 45.3 Å². The van der Waals surface area contributed by atoms with Crippen LogP contribution in [-0.4, -0.2) is 55.6 Å². The highest BCUT2D eigenvalue weighted by atomic mass is 35.5. The molecule has 1 amide bonds. The molecule has 23 heavy (non-hydrogen) atoms. The summed E-state index contributed by atoms with van der Waals surface area (Å²) in [5.74, 6) is 0.382. The summed E-state index contributed by atoms with van der Waals surface area (Å²) in [6.45, 7) is 2.60. The first-order valence-corrected chi connectivity index (χ1v) is 7.61. The topological polar surface area (TPSA) is 48.5 Å². The quantitative estimate of drug-likeness (QED) is 0.902. The Balaban J connectivity index is 1.99. The van der Waals surface area contributed by atoms with Crippen LogP contribution in [0.25, 0.3) is 0 Å². The number of alkyl halides is 3. The Morgan fingerprint density at radius 1 is 1.35 bits per heavy atom. The molecule has 1 N–H and O–H groups in total. The van der Waals surface area contributed by atoms with Gasteiger partial charge in [-0.2, -0.15) is 13.2 Å². The second kappa shape index (κ2) is 7.35. The lowest BCUT2D eigenvalue weighted by Gasteiger charge is -2.35. The predicted octanol–water partition coefficient (Wildman–Crippen LogP) is 2.01. The van der Waals surface area contributed by atoms with Crippen LogP contribution in [0.1, 0.15) is 12.0 Å². The number of nitrogens with one attached hydrogen (secondary N) is 1. The molecule has 2 rings (SSSR count). The zero-order valence-corrected chi connectivity index (χ0v) is 13.4. The molecular weight excluding hydrogens is 333 g/mol. The Morgan fingerprint density at radius 2 is 2.00 bits per heavy atom. The van der Waals surface area contributed by atoms with Gasteiger partial charge in [0.15, 0.2) is 0 Å². The second-order valence-corrected chi connectivity index (χ2v) is 5.66. The average molecular weight is 351 g/mol. The predicted molar refractivity (Wildman–Crippen MR) is 81.6 cm³/mol. The first-order valence-electron chi connectivity index (χ1n) is 7.23. The molecule has 128 valence electrons. The molecule has 1 aromatic rings. The van der Waals surface area contributed by atoms with Gasteiger partial charge in [-0.05, 0) is 13.1 Å². The van der Waals surface area contributed by atoms with Crippen molar-refractivity contribution in [1.82, 2.24) is 15.2 Å². The van der Waals surface area contributed by atoms with E-state index in [4.69, 9.17) is 11.6 Å². The van der Waals surface area contributed by atoms with Crippen LogP contribution in [0.3, 0.4) is 0 Å². The Morgan fingerprint density at radius 3 is 2.52 bits per heavy atom. The van der Waals surface area contributed by atoms with E-state index in [0.717, 1.165) is 12.3 Å². The van der Waals surface area contributed by atoms with Crippen molar-refractivity contribution in [1.29, 1.82) is 0 Å². The van der Waals surface area contributed by atoms with Crippen molar-refractivity contribution in [2.75, 3.05) is 44.7 Å². The number of halogens is 4. The van der Waals surface area contributed by atoms with E-state index in [1.165, 1.54) is 0 Å². The minimum absolute atomic E-state index is 0.0326. The van der Waals surface area contributed by atoms with E-state index in [2.05, 4.69) is 10.3 Å². The number of rotatable bonds is 4. The molecule has 1 fully saturated rings. The molecule has 5 nitrogen and oxygen atoms in total. The SMILES string of the molecule is CNCCC(=O)N1CCN(c2ncc(C(F)(F)F)cc2Cl)CC1. The van der Waals surface area contributed by atoms with Crippen LogP contribution in [-0.2, 0) is 11.0 Å². The van der Waals surface area contributed by atoms with E-state index in [9.17, 15) is 18.0 Å². The molecule has 0 saturated carbocycles. The van der Waals surface area contributed by atoms with E-state index < -0.39 is 11.7 Å². The average Bonchev–Trinajstić information content (AvgIpc) is 2.52. The maximum absolute atomic E-state index is 12.6. The van der Waals surface area contributed by atoms with E-state index in [-0.39, 0.29) is 10.9 Å². The van der Waals surface area contributed by atoms with E-state index in [0.29, 0.717) is 45.0 Å². The number of hydrogen-bond donors (Lipinski definition) is 1. The number of anilines is 1. The van der Waals surface area contributed by atoms with Gasteiger partial charge in [-0.1, -0.05) is 11.6 Å². The number of nitrogens with zero attached hydrogens (tertiary/aromatic N) is 3. The molecule has 0 unspecified atom stereocenters. The van der Waals surface area contributed by atoms with Crippen molar-refractivity contribution < 1.29 is 18.0 Å². The number of hydrogen-bond acceptors (Lipinski definition) is 4. The maximum atomic E-state index is 12.6. The highest BCUT2D eigenvalue weighted by Crippen LogP contribution is 2.33. The van der Waals surface area contributed by atoms with Gasteiger partial charge in [-0.3, -0.25) is 4.79 Å². The first-order chi connectivity index (χ1) is 10.8. The zero-order chi connectivity index (χ0) is 17.0. The van der Waals surface area contributed by atoms with Crippen LogP contribution in [0, 0.1) is 0 Å². The number of piperazine rings is 1. The summed E-state index contributed by atoms with van der Waals surface area (Å²) < 4.78 is 37.9. The van der Waals surface area contributed by atoms with Gasteiger partial charge in [0.2, 0.25) is 5.91 Å². The molecule has 0 aromatic carbocycles. The van der Waals surface area contributed by atoms with Gasteiger partial charge < -0.3 is 15.1 Å². The Kier molecular flexibility index (Phi) is 5.69. The lowest BCUT2D eigenvalue weighted by Crippen LogP contribution is -2.49. The highest BCUT2D eigenvalue weighted by Gasteiger charge is 2.32. The third-order valence-electron chi connectivity index (χ3n) is 3.67. The van der Waals surface area contributed by atoms with Gasteiger partial charge >= 0.3 is 6.18 Å². The molecule has 9 heteroatoms. The molecular formula is C14H18ClF3N4O. The van der Waals surface area contributed by atoms with Crippen molar-refractivity contribution in [2.45, 2.75) is 12.6 Å². The van der Waals surface area contributed by atoms with Crippen LogP contribution in [0.5, 0.6) is 0 Å². The Hall–Kier alpha value is -1.54. The first kappa shape index (κ1) is 17.8. The smallest absolute Gasteiger partial charge is 0.352 e. The van der Waals surface area contributed by atoms with Crippen molar-refractivity contribution in [2.24, 2.45) is 0 Å². The number of carbonyl (C=O) groups is 1. The second-order valence-electron chi connectivity index (χ2n) is 5.25. The lowest BCUT2D eigenvalue weighted by molar-refractivity contribution is -0.137. The molecule has 1 saturated heterocycles. The lowest BCUT2D eigenvalue weighted by atomic mass is 10.2. The van der Waals surface area contributed by atoms with Gasteiger partial charge in [0.05, 0.1) is 10.6 Å². The monoisotopic (exact) mass is 350 g/mol. The van der Waals surface area contributed by atoms with Crippen LogP contribution >= 0.6 is 11.6 Å². The fraction of sp³-hybridized carbons (Fsp3) is 0.571. The third-order valence-corrected chi connectivity index (χ3v) is 3.95. The maximum Gasteiger partial charge on any atom is 0.417 e. The number of amides is 1. The molecule has 0 bridgehead atoms. The van der Waals surface area contributed by atoms with Gasteiger partial charge in [-0.25, -0.2) is 4.98 Å². The standard InChI is InChI=1S/C14H18ClF3N4O/c1-19-3-2-12(23)21-4-6-22(7-5-21)13-11(15)8-10(9-20-13)14(16,17)18/h8-9,19H,2-7H2,1H3. The fourth-order valence-corrected chi connectivity index (χ4v) is 2.66. The van der Waals surface area contributed by atoms with Crippen molar-refractivity contribution >= 4 is 23.3 Å². The number of pyridine rings is 1. The van der Waals surface area contributed by atoms with Crippen LogP contribution in [0.4, 0.5) is 19.0 Å². The molecule has 0 radical (unpaired) electrons. The van der Waals surface area contributed by atoms with Crippen molar-refractivity contribution in [3.63, 3.8) is 0 Å². The van der Waals surface area contributed by atoms with E-state index in [1.54, 1.807) is 16.8 Å². The summed E-state index contributed by atoms with van der Waals surface area (Å²) in [5.41, 5.74) is -0.868. The molecule has 0 spiro atoms. The van der Waals surface area contributed by atoms with Gasteiger partial charge in [-0.15, -0.1) is 0 Å². The van der Waals surface area contributed by atoms with Gasteiger partial charge in [0.1, 0.15) is 5.82 Å². The summed E-state index contributed by atoms with van der Waals surface area (Å²) >= 11 is 5.94. The Labute approximate surface area is 137 Å². The van der Waals surface area contributed by atoms with Crippen LogP contribution in [0.2, 0.25) is 5.02 Å². The minimum Gasteiger partial charge on any atom is -0.352 e. The van der Waals surface area contributed by atoms with Crippen LogP contribution < -0.4 is 10.2 Å². The largest absolute Gasteiger partial charge is 0.417 e. The molecule has 1 aliphatic rings. The summed E-state index contributed by atoms with van der Waals surface area (Å²) in [6, 6.07) is 0.883. The molecule has 2 heterocycles. The highest BCUT2D eigenvalue weighted by molar-refractivity contribution is 6.33. The summed E-state index contributed by atoms with van der Waals surface area (Å²) in [7, 11) is 1.78. The van der Waals surface area contributed by atoms with Crippen molar-refractivity contribution in [3.05, 3.63) is 22.8 Å². The fourth-order valence-electron chi connectivity index (χ4n) is 2.38. The molecule has 0 atom stereocenters. The summed E-state index contributed by atoms with van der Waals surface area (Å²) in [6.07, 6.45) is -3.25. The van der Waals surface area contributed by atoms with Crippen LogP contribution in [0.15, 0.2) is 12.3 Å². The molecule has 1 aromatic heterocycles. The Bertz CT molecular complexity index is 559. The summed E-state index contributed by atoms with van der Waals surface area (Å²) in [5, 5.41) is 2.89. The van der Waals surface area contributed by atoms with E-state index in [1.807, 2.05) is 0 Å². The zero-order valence-electron chi connectivity index (χ0n) is 12.7. The van der Waals surface area contributed by atoms with Crippen molar-refractivity contribution in [3.8, 4) is 0 Å². The molecule has 1 aliphatic heterocycles. The number of aromatic nitrogens is 1. The minimum atomic E-state index is -4.46. The summed E-state index contributed by atoms with van der Waals surface area (Å²) in [4.78, 5) is 19.3. The van der Waals surface area contributed by atoms with E-state index >= 15 is 0 Å².